The Kier molecular flexibility index (Phi) is 6.57. The Labute approximate surface area is 214 Å². The molecule has 0 aromatic carbocycles. The fourth-order valence-electron chi connectivity index (χ4n) is 10.2. The molecule has 0 amide bonds. The van der Waals surface area contributed by atoms with E-state index < -0.39 is 43.1 Å². The van der Waals surface area contributed by atoms with Gasteiger partial charge >= 0.3 is 0 Å². The minimum atomic E-state index is -1.39. The summed E-state index contributed by atoms with van der Waals surface area (Å²) in [5, 5.41) is 40.2. The smallest absolute Gasteiger partial charge is 0.186 e. The summed E-state index contributed by atoms with van der Waals surface area (Å²) in [6.45, 7) is 5.09. The highest BCUT2D eigenvalue weighted by molar-refractivity contribution is 5.14. The van der Waals surface area contributed by atoms with E-state index in [-0.39, 0.29) is 6.10 Å². The molecule has 2 saturated heterocycles. The van der Waals surface area contributed by atoms with Crippen molar-refractivity contribution >= 4 is 0 Å². The molecule has 6 rings (SSSR count). The number of hydrogen-bond donors (Lipinski definition) is 4. The van der Waals surface area contributed by atoms with Crippen LogP contribution in [0.3, 0.4) is 0 Å². The molecule has 0 aromatic heterocycles. The molecule has 6 fully saturated rings. The lowest BCUT2D eigenvalue weighted by atomic mass is 9.44. The van der Waals surface area contributed by atoms with Gasteiger partial charge in [-0.05, 0) is 93.8 Å². The minimum absolute atomic E-state index is 0.0579. The minimum Gasteiger partial charge on any atom is -0.394 e. The number of methoxy groups -OCH3 is 1. The summed E-state index contributed by atoms with van der Waals surface area (Å²) < 4.78 is 24.1. The van der Waals surface area contributed by atoms with Crippen LogP contribution in [-0.4, -0.2) is 83.3 Å². The largest absolute Gasteiger partial charge is 0.394 e. The second kappa shape index (κ2) is 9.12. The highest BCUT2D eigenvalue weighted by Crippen LogP contribution is 2.71. The topological polar surface area (TPSA) is 118 Å². The SMILES string of the molecule is CO[C@@]1(C)OC[C@]23CC[C@H]4[C@@H](CC[C@H]5C[C@@H](O[C@@H]6O[C@H](CO)[C@@H](O)[C@H](O)[C@H]6O)CC[C@@]54C)[C@@H]2CC[C@H]13. The van der Waals surface area contributed by atoms with Crippen molar-refractivity contribution in [3.63, 3.8) is 0 Å². The molecule has 36 heavy (non-hydrogen) atoms. The average Bonchev–Trinajstić information content (AvgIpc) is 3.40. The summed E-state index contributed by atoms with van der Waals surface area (Å²) in [5.74, 6) is 2.87. The molecule has 4 saturated carbocycles. The van der Waals surface area contributed by atoms with E-state index in [0.29, 0.717) is 22.7 Å². The van der Waals surface area contributed by atoms with Crippen molar-refractivity contribution in [3.8, 4) is 0 Å². The van der Waals surface area contributed by atoms with Gasteiger partial charge in [0.25, 0.3) is 0 Å². The third-order valence-corrected chi connectivity index (χ3v) is 12.2. The van der Waals surface area contributed by atoms with Crippen LogP contribution in [0.5, 0.6) is 0 Å². The molecule has 8 nitrogen and oxygen atoms in total. The number of ether oxygens (including phenoxy) is 4. The van der Waals surface area contributed by atoms with Crippen LogP contribution in [-0.2, 0) is 18.9 Å². The fourth-order valence-corrected chi connectivity index (χ4v) is 10.2. The maximum absolute atomic E-state index is 10.4. The lowest BCUT2D eigenvalue weighted by Crippen LogP contribution is -2.60. The van der Waals surface area contributed by atoms with E-state index in [1.54, 1.807) is 7.11 Å². The Balaban J connectivity index is 1.14. The van der Waals surface area contributed by atoms with Crippen molar-refractivity contribution in [1.82, 2.24) is 0 Å². The molecule has 0 unspecified atom stereocenters. The van der Waals surface area contributed by atoms with Crippen molar-refractivity contribution in [2.75, 3.05) is 20.3 Å². The van der Waals surface area contributed by atoms with Gasteiger partial charge in [-0.2, -0.15) is 0 Å². The van der Waals surface area contributed by atoms with Crippen molar-refractivity contribution in [2.24, 2.45) is 40.4 Å². The van der Waals surface area contributed by atoms with Crippen molar-refractivity contribution in [1.29, 1.82) is 0 Å². The molecule has 6 aliphatic rings. The molecule has 0 radical (unpaired) electrons. The fraction of sp³-hybridized carbons (Fsp3) is 1.00. The maximum Gasteiger partial charge on any atom is 0.186 e. The lowest BCUT2D eigenvalue weighted by molar-refractivity contribution is -0.316. The molecule has 2 heterocycles. The first-order chi connectivity index (χ1) is 17.2. The summed E-state index contributed by atoms with van der Waals surface area (Å²) in [6, 6.07) is 0. The lowest BCUT2D eigenvalue weighted by Gasteiger charge is -2.61. The van der Waals surface area contributed by atoms with Gasteiger partial charge in [-0.1, -0.05) is 6.92 Å². The molecule has 14 atom stereocenters. The zero-order chi connectivity index (χ0) is 25.5. The number of rotatable bonds is 4. The van der Waals surface area contributed by atoms with E-state index in [0.717, 1.165) is 43.6 Å². The standard InChI is InChI=1S/C28H46O8/c1-26-10-8-16(35-25-24(32)23(31)22(30)20(13-29)36-25)12-15(26)4-5-17-18(26)9-11-28-14-34-27(2,33-3)21(28)7-6-19(17)28/h15-25,29-32H,4-14H2,1-3H3/t15-,16-,17+,18-,19-,20+,21+,22+,23-,24+,25+,26-,27-,28+/m0/s1. The average molecular weight is 511 g/mol. The third-order valence-electron chi connectivity index (χ3n) is 12.2. The molecule has 2 aliphatic heterocycles. The molecule has 0 aromatic rings. The van der Waals surface area contributed by atoms with Gasteiger partial charge in [0.05, 0.1) is 19.3 Å². The monoisotopic (exact) mass is 510 g/mol. The first kappa shape index (κ1) is 25.9. The van der Waals surface area contributed by atoms with Gasteiger partial charge in [-0.15, -0.1) is 0 Å². The normalized spacial score (nSPS) is 58.6. The second-order valence-electron chi connectivity index (χ2n) is 13.3. The Bertz CT molecular complexity index is 823. The second-order valence-corrected chi connectivity index (χ2v) is 13.3. The molecule has 4 N–H and O–H groups in total. The van der Waals surface area contributed by atoms with Gasteiger partial charge < -0.3 is 39.4 Å². The van der Waals surface area contributed by atoms with Crippen LogP contribution in [0.2, 0.25) is 0 Å². The van der Waals surface area contributed by atoms with Gasteiger partial charge in [0.15, 0.2) is 12.1 Å². The number of hydrogen-bond acceptors (Lipinski definition) is 8. The molecule has 0 bridgehead atoms. The maximum atomic E-state index is 10.4. The Morgan fingerprint density at radius 2 is 1.69 bits per heavy atom. The van der Waals surface area contributed by atoms with Gasteiger partial charge in [0.2, 0.25) is 0 Å². The first-order valence-electron chi connectivity index (χ1n) is 14.3. The van der Waals surface area contributed by atoms with E-state index in [1.165, 1.54) is 38.5 Å². The summed E-state index contributed by atoms with van der Waals surface area (Å²) in [6.07, 6.45) is 4.32. The van der Waals surface area contributed by atoms with Crippen LogP contribution in [0.4, 0.5) is 0 Å². The predicted molar refractivity (Wildman–Crippen MR) is 130 cm³/mol. The summed E-state index contributed by atoms with van der Waals surface area (Å²) in [7, 11) is 1.80. The van der Waals surface area contributed by atoms with Crippen LogP contribution < -0.4 is 0 Å². The molecular formula is C28H46O8. The van der Waals surface area contributed by atoms with Gasteiger partial charge in [-0.25, -0.2) is 0 Å². The molecule has 1 spiro atoms. The van der Waals surface area contributed by atoms with E-state index in [1.807, 2.05) is 0 Å². The highest BCUT2D eigenvalue weighted by atomic mass is 16.7. The predicted octanol–water partition coefficient (Wildman–Crippen LogP) is 2.20. The van der Waals surface area contributed by atoms with Crippen LogP contribution >= 0.6 is 0 Å². The first-order valence-corrected chi connectivity index (χ1v) is 14.3. The molecule has 8 heteroatoms. The van der Waals surface area contributed by atoms with Crippen molar-refractivity contribution in [3.05, 3.63) is 0 Å². The van der Waals surface area contributed by atoms with Crippen LogP contribution in [0.15, 0.2) is 0 Å². The zero-order valence-corrected chi connectivity index (χ0v) is 22.1. The van der Waals surface area contributed by atoms with E-state index in [2.05, 4.69) is 13.8 Å². The van der Waals surface area contributed by atoms with Crippen LogP contribution in [0, 0.1) is 40.4 Å². The van der Waals surface area contributed by atoms with Crippen LogP contribution in [0.1, 0.15) is 71.6 Å². The van der Waals surface area contributed by atoms with Gasteiger partial charge in [-0.3, -0.25) is 0 Å². The number of aliphatic hydroxyl groups excluding tert-OH is 4. The summed E-state index contributed by atoms with van der Waals surface area (Å²) in [4.78, 5) is 0. The zero-order valence-electron chi connectivity index (χ0n) is 22.1. The van der Waals surface area contributed by atoms with Crippen molar-refractivity contribution in [2.45, 2.75) is 114 Å². The van der Waals surface area contributed by atoms with E-state index >= 15 is 0 Å². The molecular weight excluding hydrogens is 464 g/mol. The van der Waals surface area contributed by atoms with Crippen LogP contribution in [0.25, 0.3) is 0 Å². The Morgan fingerprint density at radius 1 is 0.889 bits per heavy atom. The molecule has 4 aliphatic carbocycles. The van der Waals surface area contributed by atoms with Gasteiger partial charge in [0.1, 0.15) is 24.4 Å². The van der Waals surface area contributed by atoms with Crippen molar-refractivity contribution < 1.29 is 39.4 Å². The number of aliphatic hydroxyl groups is 4. The quantitative estimate of drug-likeness (QED) is 0.425. The van der Waals surface area contributed by atoms with E-state index in [9.17, 15) is 20.4 Å². The third kappa shape index (κ3) is 3.62. The Hall–Kier alpha value is -0.320. The number of fused-ring (bicyclic) bond motifs is 4. The Morgan fingerprint density at radius 3 is 2.44 bits per heavy atom. The highest BCUT2D eigenvalue weighted by Gasteiger charge is 2.68. The summed E-state index contributed by atoms with van der Waals surface area (Å²) >= 11 is 0. The van der Waals surface area contributed by atoms with E-state index in [4.69, 9.17) is 18.9 Å². The molecule has 206 valence electrons. The van der Waals surface area contributed by atoms with Gasteiger partial charge in [0, 0.05) is 18.4 Å². The summed E-state index contributed by atoms with van der Waals surface area (Å²) in [5.41, 5.74) is 0.584.